The molecular weight excluding hydrogens is 379 g/mol. The summed E-state index contributed by atoms with van der Waals surface area (Å²) in [7, 11) is 1.64. The predicted molar refractivity (Wildman–Crippen MR) is 116 cm³/mol. The molecule has 1 atom stereocenters. The number of nitrogens with zero attached hydrogens (tertiary/aromatic N) is 3. The second kappa shape index (κ2) is 12.9. The lowest BCUT2D eigenvalue weighted by molar-refractivity contribution is -0.116. The number of benzene rings is 1. The Labute approximate surface area is 169 Å². The SMILES string of the molecule is CC=NC(=NC)c1ccc(C(F)CNC(=O)/N=C(/C)SCC(=O)CCC)cc1. The number of Topliss-reactive ketones (excluding diaryl/α,β-unsaturated/α-hetero) is 1. The summed E-state index contributed by atoms with van der Waals surface area (Å²) in [6.07, 6.45) is 1.60. The van der Waals surface area contributed by atoms with E-state index in [1.54, 1.807) is 51.4 Å². The van der Waals surface area contributed by atoms with Crippen molar-refractivity contribution in [3.63, 3.8) is 0 Å². The smallest absolute Gasteiger partial charge is 0.333 e. The molecule has 0 radical (unpaired) electrons. The van der Waals surface area contributed by atoms with Crippen molar-refractivity contribution in [3.05, 3.63) is 35.4 Å². The van der Waals surface area contributed by atoms with Gasteiger partial charge < -0.3 is 5.32 Å². The molecule has 0 aliphatic heterocycles. The largest absolute Gasteiger partial charge is 0.341 e. The summed E-state index contributed by atoms with van der Waals surface area (Å²) in [5.41, 5.74) is 1.23. The fraction of sp³-hybridized carbons (Fsp3) is 0.450. The van der Waals surface area contributed by atoms with Crippen molar-refractivity contribution in [1.82, 2.24) is 5.32 Å². The maximum Gasteiger partial charge on any atom is 0.341 e. The molecule has 8 heteroatoms. The number of rotatable bonds is 8. The van der Waals surface area contributed by atoms with Gasteiger partial charge in [0.2, 0.25) is 0 Å². The topological polar surface area (TPSA) is 83.2 Å². The molecule has 152 valence electrons. The summed E-state index contributed by atoms with van der Waals surface area (Å²) in [6.45, 7) is 5.20. The molecular formula is C20H27FN4O2S. The Morgan fingerprint density at radius 2 is 1.96 bits per heavy atom. The third kappa shape index (κ3) is 8.56. The first kappa shape index (κ1) is 23.7. The second-order valence-electron chi connectivity index (χ2n) is 5.92. The third-order valence-corrected chi connectivity index (χ3v) is 4.63. The fourth-order valence-electron chi connectivity index (χ4n) is 2.27. The first-order valence-corrected chi connectivity index (χ1v) is 10.1. The molecule has 1 rings (SSSR count). The summed E-state index contributed by atoms with van der Waals surface area (Å²) in [6, 6.07) is 6.15. The molecule has 1 aromatic carbocycles. The van der Waals surface area contributed by atoms with Gasteiger partial charge in [0.05, 0.1) is 17.3 Å². The zero-order valence-corrected chi connectivity index (χ0v) is 17.6. The Morgan fingerprint density at radius 3 is 2.54 bits per heavy atom. The average molecular weight is 407 g/mol. The summed E-state index contributed by atoms with van der Waals surface area (Å²) in [5, 5.41) is 2.92. The first-order chi connectivity index (χ1) is 13.4. The number of carbonyl (C=O) groups excluding carboxylic acids is 2. The van der Waals surface area contributed by atoms with E-state index in [0.29, 0.717) is 28.6 Å². The first-order valence-electron chi connectivity index (χ1n) is 9.08. The number of nitrogens with one attached hydrogen (secondary N) is 1. The minimum atomic E-state index is -1.36. The Hall–Kier alpha value is -2.35. The summed E-state index contributed by atoms with van der Waals surface area (Å²) in [4.78, 5) is 35.4. The van der Waals surface area contributed by atoms with Crippen LogP contribution in [0.15, 0.2) is 39.2 Å². The number of hydrogen-bond donors (Lipinski definition) is 1. The van der Waals surface area contributed by atoms with Gasteiger partial charge in [-0.2, -0.15) is 4.99 Å². The number of hydrogen-bond acceptors (Lipinski definition) is 4. The Morgan fingerprint density at radius 1 is 1.29 bits per heavy atom. The van der Waals surface area contributed by atoms with Gasteiger partial charge in [-0.3, -0.25) is 9.79 Å². The summed E-state index contributed by atoms with van der Waals surface area (Å²) >= 11 is 1.22. The summed E-state index contributed by atoms with van der Waals surface area (Å²) in [5.74, 6) is 0.979. The summed E-state index contributed by atoms with van der Waals surface area (Å²) < 4.78 is 14.4. The number of halogens is 1. The lowest BCUT2D eigenvalue weighted by Gasteiger charge is -2.10. The van der Waals surface area contributed by atoms with Gasteiger partial charge in [0.15, 0.2) is 5.84 Å². The number of alkyl halides is 1. The van der Waals surface area contributed by atoms with Gasteiger partial charge in [-0.05, 0) is 25.8 Å². The highest BCUT2D eigenvalue weighted by molar-refractivity contribution is 8.14. The maximum atomic E-state index is 14.4. The third-order valence-electron chi connectivity index (χ3n) is 3.66. The van der Waals surface area contributed by atoms with Gasteiger partial charge in [0.1, 0.15) is 12.0 Å². The molecule has 0 aliphatic rings. The molecule has 0 saturated heterocycles. The van der Waals surface area contributed by atoms with E-state index in [-0.39, 0.29) is 12.3 Å². The van der Waals surface area contributed by atoms with Gasteiger partial charge in [-0.1, -0.05) is 31.2 Å². The Kier molecular flexibility index (Phi) is 10.9. The van der Waals surface area contributed by atoms with E-state index < -0.39 is 12.2 Å². The Bertz CT molecular complexity index is 745. The molecule has 0 fully saturated rings. The van der Waals surface area contributed by atoms with Gasteiger partial charge in [-0.15, -0.1) is 11.8 Å². The number of aliphatic imine (C=N–C) groups is 3. The minimum absolute atomic E-state index is 0.121. The van der Waals surface area contributed by atoms with E-state index in [1.165, 1.54) is 11.8 Å². The van der Waals surface area contributed by atoms with Crippen LogP contribution >= 0.6 is 11.8 Å². The van der Waals surface area contributed by atoms with Crippen LogP contribution in [0.5, 0.6) is 0 Å². The van der Waals surface area contributed by atoms with Crippen molar-refractivity contribution in [2.24, 2.45) is 15.0 Å². The van der Waals surface area contributed by atoms with Crippen molar-refractivity contribution in [1.29, 1.82) is 0 Å². The normalized spacial score (nSPS) is 13.6. The number of amides is 2. The molecule has 6 nitrogen and oxygen atoms in total. The van der Waals surface area contributed by atoms with E-state index in [4.69, 9.17) is 0 Å². The molecule has 0 bridgehead atoms. The van der Waals surface area contributed by atoms with Crippen LogP contribution in [0.1, 0.15) is 50.9 Å². The molecule has 0 saturated carbocycles. The molecule has 1 aromatic rings. The number of amidine groups is 1. The van der Waals surface area contributed by atoms with Crippen LogP contribution in [-0.4, -0.2) is 48.3 Å². The predicted octanol–water partition coefficient (Wildman–Crippen LogP) is 4.39. The fourth-order valence-corrected chi connectivity index (χ4v) is 2.93. The average Bonchev–Trinajstić information content (AvgIpc) is 2.69. The van der Waals surface area contributed by atoms with E-state index in [0.717, 1.165) is 12.0 Å². The molecule has 0 spiro atoms. The lowest BCUT2D eigenvalue weighted by Crippen LogP contribution is -2.24. The standard InChI is InChI=1S/C20H27FN4O2S/c1-5-7-17(26)13-28-14(3)25-20(27)24-12-18(21)15-8-10-16(11-9-15)19(22-4)23-6-2/h6,8-11,18H,5,7,12-13H2,1-4H3,(H,24,27)/b22-19?,23-6?,25-14-. The highest BCUT2D eigenvalue weighted by Crippen LogP contribution is 2.18. The molecule has 1 unspecified atom stereocenters. The van der Waals surface area contributed by atoms with Crippen LogP contribution in [-0.2, 0) is 4.79 Å². The number of thioether (sulfide) groups is 1. The van der Waals surface area contributed by atoms with Crippen LogP contribution < -0.4 is 5.32 Å². The number of carbonyl (C=O) groups is 2. The van der Waals surface area contributed by atoms with Crippen LogP contribution in [0.25, 0.3) is 0 Å². The van der Waals surface area contributed by atoms with Crippen molar-refractivity contribution in [2.45, 2.75) is 39.8 Å². The van der Waals surface area contributed by atoms with Crippen LogP contribution in [0.3, 0.4) is 0 Å². The number of ketones is 1. The second-order valence-corrected chi connectivity index (χ2v) is 7.09. The van der Waals surface area contributed by atoms with Crippen molar-refractivity contribution in [3.8, 4) is 0 Å². The molecule has 1 N–H and O–H groups in total. The van der Waals surface area contributed by atoms with E-state index >= 15 is 0 Å². The molecule has 0 aromatic heterocycles. The van der Waals surface area contributed by atoms with Crippen molar-refractivity contribution < 1.29 is 14.0 Å². The maximum absolute atomic E-state index is 14.4. The van der Waals surface area contributed by atoms with Gasteiger partial charge in [-0.25, -0.2) is 14.2 Å². The zero-order chi connectivity index (χ0) is 20.9. The highest BCUT2D eigenvalue weighted by Gasteiger charge is 2.12. The van der Waals surface area contributed by atoms with Gasteiger partial charge >= 0.3 is 6.03 Å². The Balaban J connectivity index is 2.54. The zero-order valence-electron chi connectivity index (χ0n) is 16.7. The van der Waals surface area contributed by atoms with Crippen molar-refractivity contribution >= 4 is 40.7 Å². The van der Waals surface area contributed by atoms with Crippen LogP contribution in [0, 0.1) is 0 Å². The molecule has 0 heterocycles. The molecule has 2 amide bonds. The lowest BCUT2D eigenvalue weighted by atomic mass is 10.1. The van der Waals surface area contributed by atoms with E-state index in [9.17, 15) is 14.0 Å². The molecule has 0 aliphatic carbocycles. The van der Waals surface area contributed by atoms with Crippen LogP contribution in [0.4, 0.5) is 9.18 Å². The quantitative estimate of drug-likeness (QED) is 0.513. The van der Waals surface area contributed by atoms with Crippen molar-refractivity contribution in [2.75, 3.05) is 19.3 Å². The minimum Gasteiger partial charge on any atom is -0.333 e. The number of urea groups is 1. The van der Waals surface area contributed by atoms with E-state index in [1.807, 2.05) is 6.92 Å². The van der Waals surface area contributed by atoms with Gasteiger partial charge in [0.25, 0.3) is 0 Å². The monoisotopic (exact) mass is 406 g/mol. The molecule has 28 heavy (non-hydrogen) atoms. The highest BCUT2D eigenvalue weighted by atomic mass is 32.2. The van der Waals surface area contributed by atoms with E-state index in [2.05, 4.69) is 20.3 Å². The van der Waals surface area contributed by atoms with Gasteiger partial charge in [0, 0.05) is 25.2 Å². The van der Waals surface area contributed by atoms with Crippen LogP contribution in [0.2, 0.25) is 0 Å².